The van der Waals surface area contributed by atoms with Crippen LogP contribution in [0.2, 0.25) is 0 Å². The molecule has 34 heavy (non-hydrogen) atoms. The molecule has 160 valence electrons. The maximum atomic E-state index is 4.78. The van der Waals surface area contributed by atoms with Crippen molar-refractivity contribution in [2.24, 2.45) is 0 Å². The zero-order chi connectivity index (χ0) is 22.5. The topological polar surface area (TPSA) is 35.6 Å². The van der Waals surface area contributed by atoms with E-state index in [0.717, 1.165) is 22.5 Å². The normalized spacial score (nSPS) is 11.5. The number of nitrogens with zero attached hydrogens (tertiary/aromatic N) is 4. The Morgan fingerprint density at radius 2 is 1.32 bits per heavy atom. The Labute approximate surface area is 196 Å². The number of hydrogen-bond acceptors (Lipinski definition) is 2. The van der Waals surface area contributed by atoms with E-state index in [-0.39, 0.29) is 0 Å². The number of benzene rings is 3. The van der Waals surface area contributed by atoms with E-state index in [0.29, 0.717) is 0 Å². The number of hydrogen-bond donors (Lipinski definition) is 0. The zero-order valence-corrected chi connectivity index (χ0v) is 18.3. The number of aromatic nitrogens is 4. The van der Waals surface area contributed by atoms with Gasteiger partial charge in [-0.05, 0) is 66.2 Å². The molecule has 0 atom stereocenters. The van der Waals surface area contributed by atoms with Crippen LogP contribution in [0.1, 0.15) is 0 Å². The van der Waals surface area contributed by atoms with Crippen LogP contribution in [0.4, 0.5) is 0 Å². The summed E-state index contributed by atoms with van der Waals surface area (Å²) in [7, 11) is 0. The van der Waals surface area contributed by atoms with Gasteiger partial charge in [-0.3, -0.25) is 4.98 Å². The second kappa shape index (κ2) is 7.42. The first-order chi connectivity index (χ1) is 16.9. The lowest BCUT2D eigenvalue weighted by Crippen LogP contribution is -1.96. The third kappa shape index (κ3) is 2.79. The summed E-state index contributed by atoms with van der Waals surface area (Å²) < 4.78 is 4.52. The minimum absolute atomic E-state index is 0.902. The molecule has 0 spiro atoms. The lowest BCUT2D eigenvalue weighted by Gasteiger charge is -2.08. The van der Waals surface area contributed by atoms with Crippen molar-refractivity contribution in [3.63, 3.8) is 0 Å². The predicted octanol–water partition coefficient (Wildman–Crippen LogP) is 7.18. The van der Waals surface area contributed by atoms with Crippen molar-refractivity contribution in [2.75, 3.05) is 0 Å². The van der Waals surface area contributed by atoms with Gasteiger partial charge in [0.25, 0.3) is 0 Å². The van der Waals surface area contributed by atoms with Crippen molar-refractivity contribution in [2.45, 2.75) is 0 Å². The summed E-state index contributed by atoms with van der Waals surface area (Å²) in [6.07, 6.45) is 7.66. The largest absolute Gasteiger partial charge is 0.309 e. The Balaban J connectivity index is 1.44. The van der Waals surface area contributed by atoms with Crippen LogP contribution >= 0.6 is 0 Å². The van der Waals surface area contributed by atoms with Gasteiger partial charge in [-0.2, -0.15) is 0 Å². The lowest BCUT2D eigenvalue weighted by atomic mass is 10.1. The van der Waals surface area contributed by atoms with Crippen LogP contribution in [0.15, 0.2) is 122 Å². The molecule has 3 aromatic carbocycles. The molecule has 0 unspecified atom stereocenters. The van der Waals surface area contributed by atoms with Gasteiger partial charge >= 0.3 is 0 Å². The van der Waals surface area contributed by atoms with Crippen molar-refractivity contribution in [1.29, 1.82) is 0 Å². The molecular weight excluding hydrogens is 416 g/mol. The van der Waals surface area contributed by atoms with Crippen molar-refractivity contribution in [3.8, 4) is 22.6 Å². The van der Waals surface area contributed by atoms with Crippen LogP contribution in [-0.2, 0) is 0 Å². The average molecular weight is 437 g/mol. The minimum atomic E-state index is 0.902. The van der Waals surface area contributed by atoms with Crippen molar-refractivity contribution < 1.29 is 0 Å². The van der Waals surface area contributed by atoms with Crippen LogP contribution in [0.25, 0.3) is 55.3 Å². The average Bonchev–Trinajstić information content (AvgIpc) is 3.49. The Morgan fingerprint density at radius 1 is 0.559 bits per heavy atom. The van der Waals surface area contributed by atoms with E-state index < -0.39 is 0 Å². The van der Waals surface area contributed by atoms with Gasteiger partial charge < -0.3 is 9.13 Å². The molecule has 7 rings (SSSR count). The number of para-hydroxylation sites is 2. The van der Waals surface area contributed by atoms with Gasteiger partial charge in [0.15, 0.2) is 0 Å². The molecule has 4 heteroatoms. The number of pyridine rings is 2. The van der Waals surface area contributed by atoms with Crippen LogP contribution < -0.4 is 0 Å². The van der Waals surface area contributed by atoms with Crippen LogP contribution in [0.5, 0.6) is 0 Å². The second-order valence-electron chi connectivity index (χ2n) is 8.41. The Morgan fingerprint density at radius 3 is 2.15 bits per heavy atom. The van der Waals surface area contributed by atoms with Gasteiger partial charge in [-0.25, -0.2) is 4.98 Å². The van der Waals surface area contributed by atoms with Crippen LogP contribution in [-0.4, -0.2) is 19.1 Å². The summed E-state index contributed by atoms with van der Waals surface area (Å²) in [6.45, 7) is 0. The molecule has 0 aliphatic carbocycles. The highest BCUT2D eigenvalue weighted by Gasteiger charge is 2.16. The fraction of sp³-hybridized carbons (Fsp3) is 0. The summed E-state index contributed by atoms with van der Waals surface area (Å²) in [6, 6.07) is 34.0. The van der Waals surface area contributed by atoms with Crippen LogP contribution in [0.3, 0.4) is 0 Å². The third-order valence-electron chi connectivity index (χ3n) is 6.53. The summed E-state index contributed by atoms with van der Waals surface area (Å²) in [5.74, 6) is 0.902. The molecule has 0 aliphatic rings. The van der Waals surface area contributed by atoms with Gasteiger partial charge in [0.2, 0.25) is 0 Å². The fourth-order valence-electron chi connectivity index (χ4n) is 4.98. The Kier molecular flexibility index (Phi) is 4.11. The molecule has 4 heterocycles. The molecule has 4 nitrogen and oxygen atoms in total. The SMILES string of the molecule is c1ccc(-n2c3ccccc3c3c4ccn(-c5ccc(-c6ccncc6)cn5)c4ccc32)cc1. The van der Waals surface area contributed by atoms with Gasteiger partial charge in [0.1, 0.15) is 5.82 Å². The summed E-state index contributed by atoms with van der Waals surface area (Å²) in [5, 5.41) is 3.75. The molecule has 7 aromatic rings. The van der Waals surface area contributed by atoms with Crippen LogP contribution in [0, 0.1) is 0 Å². The Hall–Kier alpha value is -4.70. The molecule has 0 saturated heterocycles. The van der Waals surface area contributed by atoms with E-state index in [2.05, 4.69) is 105 Å². The molecule has 0 radical (unpaired) electrons. The highest BCUT2D eigenvalue weighted by molar-refractivity contribution is 6.21. The molecule has 0 fully saturated rings. The van der Waals surface area contributed by atoms with E-state index in [1.807, 2.05) is 18.3 Å². The van der Waals surface area contributed by atoms with Gasteiger partial charge in [-0.1, -0.05) is 36.4 Å². The van der Waals surface area contributed by atoms with Crippen molar-refractivity contribution in [3.05, 3.63) is 122 Å². The van der Waals surface area contributed by atoms with E-state index in [1.165, 1.54) is 32.9 Å². The van der Waals surface area contributed by atoms with Crippen molar-refractivity contribution >= 4 is 32.7 Å². The monoisotopic (exact) mass is 436 g/mol. The first-order valence-electron chi connectivity index (χ1n) is 11.3. The smallest absolute Gasteiger partial charge is 0.137 e. The van der Waals surface area contributed by atoms with E-state index >= 15 is 0 Å². The molecule has 0 N–H and O–H groups in total. The maximum Gasteiger partial charge on any atom is 0.137 e. The van der Waals surface area contributed by atoms with Gasteiger partial charge in [-0.15, -0.1) is 0 Å². The molecular formula is C30H20N4. The first kappa shape index (κ1) is 18.8. The first-order valence-corrected chi connectivity index (χ1v) is 11.3. The molecule has 0 bridgehead atoms. The number of fused-ring (bicyclic) bond motifs is 5. The maximum absolute atomic E-state index is 4.78. The standard InChI is InChI=1S/C30H20N4/c1-2-6-23(7-3-1)34-27-9-5-4-8-24(27)30-25-16-19-33(26(25)11-12-28(30)34)29-13-10-22(20-32-29)21-14-17-31-18-15-21/h1-20H. The van der Waals surface area contributed by atoms with Gasteiger partial charge in [0.05, 0.1) is 16.6 Å². The summed E-state index contributed by atoms with van der Waals surface area (Å²) >= 11 is 0. The highest BCUT2D eigenvalue weighted by atomic mass is 15.1. The quantitative estimate of drug-likeness (QED) is 0.294. The van der Waals surface area contributed by atoms with E-state index in [1.54, 1.807) is 12.4 Å². The van der Waals surface area contributed by atoms with E-state index in [9.17, 15) is 0 Å². The lowest BCUT2D eigenvalue weighted by molar-refractivity contribution is 1.04. The fourth-order valence-corrected chi connectivity index (χ4v) is 4.98. The minimum Gasteiger partial charge on any atom is -0.309 e. The van der Waals surface area contributed by atoms with Crippen molar-refractivity contribution in [1.82, 2.24) is 19.1 Å². The second-order valence-corrected chi connectivity index (χ2v) is 8.41. The highest BCUT2D eigenvalue weighted by Crippen LogP contribution is 2.37. The summed E-state index contributed by atoms with van der Waals surface area (Å²) in [4.78, 5) is 8.88. The number of rotatable bonds is 3. The molecule has 0 aliphatic heterocycles. The summed E-state index contributed by atoms with van der Waals surface area (Å²) in [5.41, 5.74) is 6.92. The zero-order valence-electron chi connectivity index (χ0n) is 18.3. The van der Waals surface area contributed by atoms with Gasteiger partial charge in [0, 0.05) is 52.2 Å². The third-order valence-corrected chi connectivity index (χ3v) is 6.53. The molecule has 4 aromatic heterocycles. The molecule has 0 saturated carbocycles. The Bertz CT molecular complexity index is 1780. The predicted molar refractivity (Wildman–Crippen MR) is 139 cm³/mol. The van der Waals surface area contributed by atoms with E-state index in [4.69, 9.17) is 4.98 Å². The molecule has 0 amide bonds.